The number of hydrogen-bond donors (Lipinski definition) is 1. The topological polar surface area (TPSA) is 32.3 Å². The van der Waals surface area contributed by atoms with Crippen LogP contribution in [0.15, 0.2) is 12.1 Å². The van der Waals surface area contributed by atoms with E-state index >= 15 is 0 Å². The molecule has 0 bridgehead atoms. The lowest BCUT2D eigenvalue weighted by Gasteiger charge is -2.19. The van der Waals surface area contributed by atoms with E-state index in [-0.39, 0.29) is 11.9 Å². The molecule has 0 radical (unpaired) electrons. The second-order valence-electron chi connectivity index (χ2n) is 4.23. The van der Waals surface area contributed by atoms with Gasteiger partial charge in [-0.3, -0.25) is 9.69 Å². The highest BCUT2D eigenvalue weighted by Gasteiger charge is 2.11. The number of carbonyl (C=O) groups excluding carboxylic acids is 1. The summed E-state index contributed by atoms with van der Waals surface area (Å²) in [4.78, 5) is 14.9. The second kappa shape index (κ2) is 6.99. The molecule has 0 spiro atoms. The normalized spacial score (nSPS) is 11.2. The molecule has 17 heavy (non-hydrogen) atoms. The van der Waals surface area contributed by atoms with Crippen LogP contribution in [0.3, 0.4) is 0 Å². The molecule has 1 rings (SSSR count). The summed E-state index contributed by atoms with van der Waals surface area (Å²) in [6.45, 7) is 8.04. The molecule has 3 nitrogen and oxygen atoms in total. The van der Waals surface area contributed by atoms with E-state index < -0.39 is 0 Å². The Labute approximate surface area is 112 Å². The number of amides is 1. The standard InChI is InChI=1S/C12H19ClN2OS/c1-4-15(8-12(16)14-9(2)3)7-10-5-6-11(13)17-10/h5-6,9H,4,7-8H2,1-3H3,(H,14,16). The minimum absolute atomic E-state index is 0.0736. The first-order valence-electron chi connectivity index (χ1n) is 5.77. The number of likely N-dealkylation sites (N-methyl/N-ethyl adjacent to an activating group) is 1. The number of nitrogens with one attached hydrogen (secondary N) is 1. The second-order valence-corrected chi connectivity index (χ2v) is 6.03. The number of rotatable bonds is 6. The number of thiophene rings is 1. The van der Waals surface area contributed by atoms with Crippen molar-refractivity contribution >= 4 is 28.8 Å². The molecule has 0 aliphatic carbocycles. The zero-order valence-electron chi connectivity index (χ0n) is 10.5. The smallest absolute Gasteiger partial charge is 0.234 e. The number of carbonyl (C=O) groups is 1. The van der Waals surface area contributed by atoms with Crippen LogP contribution in [0.25, 0.3) is 0 Å². The molecule has 0 unspecified atom stereocenters. The molecule has 1 heterocycles. The third kappa shape index (κ3) is 5.52. The van der Waals surface area contributed by atoms with Crippen LogP contribution in [-0.2, 0) is 11.3 Å². The van der Waals surface area contributed by atoms with Crippen molar-refractivity contribution in [3.63, 3.8) is 0 Å². The van der Waals surface area contributed by atoms with Gasteiger partial charge in [0.1, 0.15) is 0 Å². The van der Waals surface area contributed by atoms with Crippen molar-refractivity contribution in [3.8, 4) is 0 Å². The Balaban J connectivity index is 2.46. The van der Waals surface area contributed by atoms with Crippen molar-refractivity contribution < 1.29 is 4.79 Å². The fourth-order valence-electron chi connectivity index (χ4n) is 1.51. The lowest BCUT2D eigenvalue weighted by atomic mass is 10.3. The highest BCUT2D eigenvalue weighted by Crippen LogP contribution is 2.22. The van der Waals surface area contributed by atoms with Crippen molar-refractivity contribution in [2.75, 3.05) is 13.1 Å². The summed E-state index contributed by atoms with van der Waals surface area (Å²) >= 11 is 7.45. The van der Waals surface area contributed by atoms with Gasteiger partial charge in [0.2, 0.25) is 5.91 Å². The molecule has 5 heteroatoms. The average Bonchev–Trinajstić information content (AvgIpc) is 2.61. The van der Waals surface area contributed by atoms with Gasteiger partial charge in [-0.05, 0) is 32.5 Å². The van der Waals surface area contributed by atoms with E-state index in [4.69, 9.17) is 11.6 Å². The van der Waals surface area contributed by atoms with E-state index in [9.17, 15) is 4.79 Å². The predicted molar refractivity (Wildman–Crippen MR) is 73.6 cm³/mol. The lowest BCUT2D eigenvalue weighted by Crippen LogP contribution is -2.39. The molecule has 0 fully saturated rings. The fourth-order valence-corrected chi connectivity index (χ4v) is 2.64. The summed E-state index contributed by atoms with van der Waals surface area (Å²) in [6.07, 6.45) is 0. The largest absolute Gasteiger partial charge is 0.353 e. The number of halogens is 1. The summed E-state index contributed by atoms with van der Waals surface area (Å²) in [5.41, 5.74) is 0. The minimum atomic E-state index is 0.0736. The van der Waals surface area contributed by atoms with Crippen molar-refractivity contribution in [1.29, 1.82) is 0 Å². The van der Waals surface area contributed by atoms with Crippen LogP contribution in [0.2, 0.25) is 4.34 Å². The Kier molecular flexibility index (Phi) is 5.95. The third-order valence-corrected chi connectivity index (χ3v) is 3.49. The maximum absolute atomic E-state index is 11.6. The maximum atomic E-state index is 11.6. The Bertz CT molecular complexity index is 365. The average molecular weight is 275 g/mol. The van der Waals surface area contributed by atoms with Gasteiger partial charge >= 0.3 is 0 Å². The molecular formula is C12H19ClN2OS. The Hall–Kier alpha value is -0.580. The molecule has 0 aliphatic heterocycles. The Morgan fingerprint density at radius 1 is 1.53 bits per heavy atom. The summed E-state index contributed by atoms with van der Waals surface area (Å²) in [5.74, 6) is 0.0736. The quantitative estimate of drug-likeness (QED) is 0.865. The molecule has 1 amide bonds. The third-order valence-electron chi connectivity index (χ3n) is 2.27. The van der Waals surface area contributed by atoms with E-state index in [1.54, 1.807) is 11.3 Å². The molecule has 0 saturated heterocycles. The monoisotopic (exact) mass is 274 g/mol. The summed E-state index contributed by atoms with van der Waals surface area (Å²) in [6, 6.07) is 4.09. The molecule has 1 N–H and O–H groups in total. The SMILES string of the molecule is CCN(CC(=O)NC(C)C)Cc1ccc(Cl)s1. The summed E-state index contributed by atoms with van der Waals surface area (Å²) < 4.78 is 0.794. The van der Waals surface area contributed by atoms with E-state index in [1.807, 2.05) is 26.0 Å². The zero-order valence-corrected chi connectivity index (χ0v) is 12.1. The molecule has 0 aromatic carbocycles. The Morgan fingerprint density at radius 2 is 2.24 bits per heavy atom. The maximum Gasteiger partial charge on any atom is 0.234 e. The van der Waals surface area contributed by atoms with E-state index in [0.717, 1.165) is 17.4 Å². The van der Waals surface area contributed by atoms with Crippen LogP contribution in [0.1, 0.15) is 25.6 Å². The molecule has 0 saturated carbocycles. The van der Waals surface area contributed by atoms with E-state index in [0.29, 0.717) is 6.54 Å². The van der Waals surface area contributed by atoms with Crippen LogP contribution < -0.4 is 5.32 Å². The van der Waals surface area contributed by atoms with Gasteiger partial charge < -0.3 is 5.32 Å². The predicted octanol–water partition coefficient (Wildman–Crippen LogP) is 2.75. The van der Waals surface area contributed by atoms with Gasteiger partial charge in [0, 0.05) is 17.5 Å². The van der Waals surface area contributed by atoms with Crippen molar-refractivity contribution in [2.24, 2.45) is 0 Å². The molecule has 0 aliphatic rings. The highest BCUT2D eigenvalue weighted by atomic mass is 35.5. The number of nitrogens with zero attached hydrogens (tertiary/aromatic N) is 1. The first-order chi connectivity index (χ1) is 8.01. The highest BCUT2D eigenvalue weighted by molar-refractivity contribution is 7.16. The van der Waals surface area contributed by atoms with Gasteiger partial charge in [-0.15, -0.1) is 11.3 Å². The fraction of sp³-hybridized carbons (Fsp3) is 0.583. The zero-order chi connectivity index (χ0) is 12.8. The van der Waals surface area contributed by atoms with Crippen LogP contribution in [-0.4, -0.2) is 29.9 Å². The molecule has 1 aromatic heterocycles. The van der Waals surface area contributed by atoms with Gasteiger partial charge in [0.15, 0.2) is 0 Å². The number of hydrogen-bond acceptors (Lipinski definition) is 3. The van der Waals surface area contributed by atoms with Crippen LogP contribution >= 0.6 is 22.9 Å². The van der Waals surface area contributed by atoms with Gasteiger partial charge in [-0.25, -0.2) is 0 Å². The molecule has 96 valence electrons. The van der Waals surface area contributed by atoms with Gasteiger partial charge in [-0.2, -0.15) is 0 Å². The lowest BCUT2D eigenvalue weighted by molar-refractivity contribution is -0.122. The van der Waals surface area contributed by atoms with E-state index in [1.165, 1.54) is 4.88 Å². The molecular weight excluding hydrogens is 256 g/mol. The summed E-state index contributed by atoms with van der Waals surface area (Å²) in [7, 11) is 0. The van der Waals surface area contributed by atoms with Crippen LogP contribution in [0.4, 0.5) is 0 Å². The van der Waals surface area contributed by atoms with Gasteiger partial charge in [0.05, 0.1) is 10.9 Å². The van der Waals surface area contributed by atoms with Crippen molar-refractivity contribution in [3.05, 3.63) is 21.3 Å². The van der Waals surface area contributed by atoms with Gasteiger partial charge in [-0.1, -0.05) is 18.5 Å². The molecule has 1 aromatic rings. The van der Waals surface area contributed by atoms with Crippen LogP contribution in [0.5, 0.6) is 0 Å². The van der Waals surface area contributed by atoms with E-state index in [2.05, 4.69) is 17.1 Å². The minimum Gasteiger partial charge on any atom is -0.353 e. The van der Waals surface area contributed by atoms with Gasteiger partial charge in [0.25, 0.3) is 0 Å². The molecule has 0 atom stereocenters. The first kappa shape index (κ1) is 14.5. The van der Waals surface area contributed by atoms with Crippen molar-refractivity contribution in [1.82, 2.24) is 10.2 Å². The van der Waals surface area contributed by atoms with Crippen LogP contribution in [0, 0.1) is 0 Å². The Morgan fingerprint density at radius 3 is 2.71 bits per heavy atom. The van der Waals surface area contributed by atoms with Crippen molar-refractivity contribution in [2.45, 2.75) is 33.4 Å². The first-order valence-corrected chi connectivity index (χ1v) is 6.96. The summed E-state index contributed by atoms with van der Waals surface area (Å²) in [5, 5.41) is 2.90.